The molecule has 7 nitrogen and oxygen atoms in total. The van der Waals surface area contributed by atoms with Crippen molar-refractivity contribution in [3.63, 3.8) is 0 Å². The van der Waals surface area contributed by atoms with E-state index in [1.54, 1.807) is 23.1 Å². The molecule has 7 heteroatoms. The quantitative estimate of drug-likeness (QED) is 0.867. The number of benzene rings is 1. The number of hydrogen-bond donors (Lipinski definition) is 2. The minimum absolute atomic E-state index is 0.0973. The van der Waals surface area contributed by atoms with Crippen LogP contribution >= 0.6 is 0 Å². The van der Waals surface area contributed by atoms with Crippen molar-refractivity contribution in [2.24, 2.45) is 0 Å². The molecule has 0 radical (unpaired) electrons. The summed E-state index contributed by atoms with van der Waals surface area (Å²) >= 11 is 0. The van der Waals surface area contributed by atoms with E-state index in [1.807, 2.05) is 6.07 Å². The number of carbonyl (C=O) groups excluding carboxylic acids is 1. The maximum absolute atomic E-state index is 12.0. The van der Waals surface area contributed by atoms with Crippen LogP contribution in [0.1, 0.15) is 23.7 Å². The number of nitrogens with zero attached hydrogens (tertiary/aromatic N) is 2. The third kappa shape index (κ3) is 4.20. The fourth-order valence-corrected chi connectivity index (χ4v) is 2.23. The van der Waals surface area contributed by atoms with Crippen LogP contribution in [0.4, 0.5) is 4.79 Å². The van der Waals surface area contributed by atoms with E-state index >= 15 is 0 Å². The molecule has 0 bridgehead atoms. The fourth-order valence-electron chi connectivity index (χ4n) is 2.23. The lowest BCUT2D eigenvalue weighted by Crippen LogP contribution is -2.47. The second kappa shape index (κ2) is 7.43. The first-order valence-corrected chi connectivity index (χ1v) is 6.96. The molecular weight excluding hydrogens is 286 g/mol. The second-order valence-electron chi connectivity index (χ2n) is 4.92. The molecule has 1 aromatic carbocycles. The zero-order valence-corrected chi connectivity index (χ0v) is 12.0. The molecule has 1 unspecified atom stereocenters. The van der Waals surface area contributed by atoms with Crippen molar-refractivity contribution in [3.8, 4) is 6.07 Å². The Kier molecular flexibility index (Phi) is 5.33. The molecule has 1 heterocycles. The summed E-state index contributed by atoms with van der Waals surface area (Å²) in [6.07, 6.45) is -0.392. The summed E-state index contributed by atoms with van der Waals surface area (Å²) in [6.45, 7) is 1.31. The standard InChI is InChI=1S/C15H17N3O4/c16-9-11-2-1-3-12(8-11)13-10-18(6-7-22-13)15(21)17-5-4-14(19)20/h1-3,8,13H,4-7,10H2,(H,17,21)(H,19,20). The molecule has 1 aromatic rings. The van der Waals surface area contributed by atoms with E-state index < -0.39 is 5.97 Å². The second-order valence-corrected chi connectivity index (χ2v) is 4.92. The van der Waals surface area contributed by atoms with Crippen molar-refractivity contribution in [1.82, 2.24) is 10.2 Å². The van der Waals surface area contributed by atoms with E-state index in [-0.39, 0.29) is 25.1 Å². The van der Waals surface area contributed by atoms with E-state index in [1.165, 1.54) is 0 Å². The number of aliphatic carboxylic acids is 1. The van der Waals surface area contributed by atoms with Gasteiger partial charge < -0.3 is 20.1 Å². The van der Waals surface area contributed by atoms with E-state index in [9.17, 15) is 9.59 Å². The van der Waals surface area contributed by atoms with E-state index in [2.05, 4.69) is 11.4 Å². The van der Waals surface area contributed by atoms with Crippen LogP contribution < -0.4 is 5.32 Å². The molecule has 22 heavy (non-hydrogen) atoms. The molecule has 0 aromatic heterocycles. The third-order valence-electron chi connectivity index (χ3n) is 3.36. The Morgan fingerprint density at radius 3 is 3.05 bits per heavy atom. The fraction of sp³-hybridized carbons (Fsp3) is 0.400. The average Bonchev–Trinajstić information content (AvgIpc) is 2.54. The minimum Gasteiger partial charge on any atom is -0.481 e. The highest BCUT2D eigenvalue weighted by Gasteiger charge is 2.25. The van der Waals surface area contributed by atoms with Crippen molar-refractivity contribution < 1.29 is 19.4 Å². The van der Waals surface area contributed by atoms with Crippen LogP contribution in [0.5, 0.6) is 0 Å². The minimum atomic E-state index is -0.950. The summed E-state index contributed by atoms with van der Waals surface area (Å²) in [5.74, 6) is -0.950. The number of ether oxygens (including phenoxy) is 1. The number of nitriles is 1. The molecule has 1 aliphatic rings. The number of morpholine rings is 1. The maximum Gasteiger partial charge on any atom is 0.317 e. The third-order valence-corrected chi connectivity index (χ3v) is 3.36. The van der Waals surface area contributed by atoms with Crippen molar-refractivity contribution in [2.45, 2.75) is 12.5 Å². The highest BCUT2D eigenvalue weighted by molar-refractivity contribution is 5.75. The van der Waals surface area contributed by atoms with Gasteiger partial charge in [-0.1, -0.05) is 12.1 Å². The summed E-state index contributed by atoms with van der Waals surface area (Å²) in [7, 11) is 0. The van der Waals surface area contributed by atoms with Crippen molar-refractivity contribution in [1.29, 1.82) is 5.26 Å². The summed E-state index contributed by atoms with van der Waals surface area (Å²) in [5.41, 5.74) is 1.39. The summed E-state index contributed by atoms with van der Waals surface area (Å²) in [6, 6.07) is 8.87. The normalized spacial score (nSPS) is 17.6. The van der Waals surface area contributed by atoms with Crippen molar-refractivity contribution >= 4 is 12.0 Å². The zero-order valence-electron chi connectivity index (χ0n) is 12.0. The van der Waals surface area contributed by atoms with Gasteiger partial charge in [0.15, 0.2) is 0 Å². The van der Waals surface area contributed by atoms with Gasteiger partial charge in [-0.15, -0.1) is 0 Å². The number of carbonyl (C=O) groups is 2. The number of hydrogen-bond acceptors (Lipinski definition) is 4. The maximum atomic E-state index is 12.0. The predicted octanol–water partition coefficient (Wildman–Crippen LogP) is 1.12. The van der Waals surface area contributed by atoms with Gasteiger partial charge in [-0.05, 0) is 17.7 Å². The molecule has 1 fully saturated rings. The van der Waals surface area contributed by atoms with Crippen molar-refractivity contribution in [2.75, 3.05) is 26.2 Å². The van der Waals surface area contributed by atoms with Gasteiger partial charge in [0.1, 0.15) is 6.10 Å². The Morgan fingerprint density at radius 1 is 1.50 bits per heavy atom. The number of amides is 2. The molecule has 1 saturated heterocycles. The number of rotatable bonds is 4. The Balaban J connectivity index is 1.95. The first-order chi connectivity index (χ1) is 10.6. The lowest BCUT2D eigenvalue weighted by molar-refractivity contribution is -0.136. The molecule has 2 rings (SSSR count). The summed E-state index contributed by atoms with van der Waals surface area (Å²) in [5, 5.41) is 20.1. The van der Waals surface area contributed by atoms with Crippen molar-refractivity contribution in [3.05, 3.63) is 35.4 Å². The monoisotopic (exact) mass is 303 g/mol. The lowest BCUT2D eigenvalue weighted by atomic mass is 10.1. The molecule has 116 valence electrons. The average molecular weight is 303 g/mol. The molecule has 2 N–H and O–H groups in total. The number of urea groups is 1. The first-order valence-electron chi connectivity index (χ1n) is 6.96. The number of nitrogens with one attached hydrogen (secondary N) is 1. The van der Waals surface area contributed by atoms with E-state index in [0.29, 0.717) is 25.3 Å². The summed E-state index contributed by atoms with van der Waals surface area (Å²) < 4.78 is 5.66. The van der Waals surface area contributed by atoms with Gasteiger partial charge >= 0.3 is 12.0 Å². The van der Waals surface area contributed by atoms with Crippen LogP contribution in [-0.2, 0) is 9.53 Å². The van der Waals surface area contributed by atoms with Crippen LogP contribution in [0.15, 0.2) is 24.3 Å². The van der Waals surface area contributed by atoms with Gasteiger partial charge in [-0.2, -0.15) is 5.26 Å². The van der Waals surface area contributed by atoms with Crippen LogP contribution in [0, 0.1) is 11.3 Å². The van der Waals surface area contributed by atoms with Crippen LogP contribution in [0.25, 0.3) is 0 Å². The molecule has 2 amide bonds. The van der Waals surface area contributed by atoms with Gasteiger partial charge in [-0.3, -0.25) is 4.79 Å². The van der Waals surface area contributed by atoms with E-state index in [0.717, 1.165) is 5.56 Å². The van der Waals surface area contributed by atoms with Crippen LogP contribution in [-0.4, -0.2) is 48.2 Å². The van der Waals surface area contributed by atoms with Gasteiger partial charge in [0.25, 0.3) is 0 Å². The zero-order chi connectivity index (χ0) is 15.9. The highest BCUT2D eigenvalue weighted by atomic mass is 16.5. The molecule has 1 aliphatic heterocycles. The van der Waals surface area contributed by atoms with Crippen LogP contribution in [0.2, 0.25) is 0 Å². The molecule has 0 spiro atoms. The Bertz CT molecular complexity index is 597. The molecule has 0 saturated carbocycles. The first kappa shape index (κ1) is 15.8. The highest BCUT2D eigenvalue weighted by Crippen LogP contribution is 2.22. The number of carboxylic acids is 1. The molecule has 0 aliphatic carbocycles. The van der Waals surface area contributed by atoms with E-state index in [4.69, 9.17) is 15.1 Å². The van der Waals surface area contributed by atoms with Gasteiger partial charge in [0, 0.05) is 13.1 Å². The smallest absolute Gasteiger partial charge is 0.317 e. The predicted molar refractivity (Wildman–Crippen MR) is 77.1 cm³/mol. The molecule has 1 atom stereocenters. The summed E-state index contributed by atoms with van der Waals surface area (Å²) in [4.78, 5) is 24.0. The van der Waals surface area contributed by atoms with Crippen LogP contribution in [0.3, 0.4) is 0 Å². The lowest BCUT2D eigenvalue weighted by Gasteiger charge is -2.33. The topological polar surface area (TPSA) is 103 Å². The SMILES string of the molecule is N#Cc1cccc(C2CN(C(=O)NCCC(=O)O)CCO2)c1. The van der Waals surface area contributed by atoms with Gasteiger partial charge in [0.05, 0.1) is 31.2 Å². The molecular formula is C15H17N3O4. The van der Waals surface area contributed by atoms with Gasteiger partial charge in [0.2, 0.25) is 0 Å². The largest absolute Gasteiger partial charge is 0.481 e. The Hall–Kier alpha value is -2.59. The Morgan fingerprint density at radius 2 is 2.32 bits per heavy atom. The van der Waals surface area contributed by atoms with Gasteiger partial charge in [-0.25, -0.2) is 4.79 Å². The number of carboxylic acid groups (broad SMARTS) is 1. The Labute approximate surface area is 128 Å².